The third kappa shape index (κ3) is 4.15. The molecule has 1 saturated carbocycles. The highest BCUT2D eigenvalue weighted by Crippen LogP contribution is 2.41. The molecule has 1 fully saturated rings. The van der Waals surface area contributed by atoms with Gasteiger partial charge in [0.1, 0.15) is 11.6 Å². The lowest BCUT2D eigenvalue weighted by atomic mass is 9.76. The highest BCUT2D eigenvalue weighted by atomic mass is 19.4. The fourth-order valence-electron chi connectivity index (χ4n) is 3.03. The maximum Gasteiger partial charge on any atom is 0.391 e. The summed E-state index contributed by atoms with van der Waals surface area (Å²) >= 11 is 0. The van der Waals surface area contributed by atoms with E-state index in [1.807, 2.05) is 0 Å². The highest BCUT2D eigenvalue weighted by Gasteiger charge is 2.43. The van der Waals surface area contributed by atoms with Gasteiger partial charge in [0.2, 0.25) is 0 Å². The molecule has 2 rings (SSSR count). The first kappa shape index (κ1) is 16.2. The molecule has 1 nitrogen and oxygen atoms in total. The van der Waals surface area contributed by atoms with Gasteiger partial charge in [0.25, 0.3) is 0 Å². The molecule has 0 bridgehead atoms. The number of halogens is 5. The second-order valence-electron chi connectivity index (χ2n) is 5.77. The second-order valence-corrected chi connectivity index (χ2v) is 5.77. The van der Waals surface area contributed by atoms with Crippen molar-refractivity contribution >= 4 is 0 Å². The average molecular weight is 307 g/mol. The summed E-state index contributed by atoms with van der Waals surface area (Å²) in [5.74, 6) is -2.79. The van der Waals surface area contributed by atoms with Gasteiger partial charge in [0.05, 0.1) is 5.92 Å². The van der Waals surface area contributed by atoms with Crippen LogP contribution in [0.3, 0.4) is 0 Å². The SMILES string of the molecule is NC(Cc1cc(F)ccc1F)C1CCCC(C(F)(F)F)C1. The highest BCUT2D eigenvalue weighted by molar-refractivity contribution is 5.20. The molecule has 118 valence electrons. The maximum absolute atomic E-state index is 13.6. The van der Waals surface area contributed by atoms with E-state index in [0.29, 0.717) is 12.8 Å². The molecule has 0 aliphatic heterocycles. The van der Waals surface area contributed by atoms with Crippen LogP contribution in [0.25, 0.3) is 0 Å². The van der Waals surface area contributed by atoms with Crippen molar-refractivity contribution in [3.05, 3.63) is 35.4 Å². The third-order valence-electron chi connectivity index (χ3n) is 4.25. The van der Waals surface area contributed by atoms with Gasteiger partial charge in [-0.25, -0.2) is 8.78 Å². The summed E-state index contributed by atoms with van der Waals surface area (Å²) in [6.07, 6.45) is -2.98. The lowest BCUT2D eigenvalue weighted by Crippen LogP contribution is -2.39. The summed E-state index contributed by atoms with van der Waals surface area (Å²) in [5.41, 5.74) is 6.07. The molecule has 0 radical (unpaired) electrons. The predicted octanol–water partition coefficient (Wildman–Crippen LogP) is 4.20. The fraction of sp³-hybridized carbons (Fsp3) is 0.600. The Balaban J connectivity index is 2.02. The van der Waals surface area contributed by atoms with Gasteiger partial charge in [-0.15, -0.1) is 0 Å². The van der Waals surface area contributed by atoms with Gasteiger partial charge in [0, 0.05) is 6.04 Å². The first-order valence-electron chi connectivity index (χ1n) is 7.03. The Bertz CT molecular complexity index is 485. The Morgan fingerprint density at radius 3 is 2.57 bits per heavy atom. The van der Waals surface area contributed by atoms with Crippen LogP contribution in [-0.2, 0) is 6.42 Å². The van der Waals surface area contributed by atoms with Crippen molar-refractivity contribution in [3.8, 4) is 0 Å². The minimum Gasteiger partial charge on any atom is -0.327 e. The van der Waals surface area contributed by atoms with Crippen LogP contribution in [-0.4, -0.2) is 12.2 Å². The molecule has 0 spiro atoms. The van der Waals surface area contributed by atoms with E-state index in [1.54, 1.807) is 0 Å². The van der Waals surface area contributed by atoms with E-state index >= 15 is 0 Å². The van der Waals surface area contributed by atoms with Crippen LogP contribution < -0.4 is 5.73 Å². The number of hydrogen-bond acceptors (Lipinski definition) is 1. The smallest absolute Gasteiger partial charge is 0.327 e. The van der Waals surface area contributed by atoms with Crippen LogP contribution in [0.4, 0.5) is 22.0 Å². The number of alkyl halides is 3. The summed E-state index contributed by atoms with van der Waals surface area (Å²) in [7, 11) is 0. The van der Waals surface area contributed by atoms with Gasteiger partial charge in [-0.3, -0.25) is 0 Å². The summed E-state index contributed by atoms with van der Waals surface area (Å²) in [6, 6.07) is 2.48. The molecule has 2 N–H and O–H groups in total. The minimum atomic E-state index is -4.21. The molecule has 3 atom stereocenters. The number of benzene rings is 1. The summed E-state index contributed by atoms with van der Waals surface area (Å²) in [4.78, 5) is 0. The zero-order chi connectivity index (χ0) is 15.6. The molecule has 0 saturated heterocycles. The molecule has 1 aliphatic rings. The van der Waals surface area contributed by atoms with Gasteiger partial charge in [0.15, 0.2) is 0 Å². The molecule has 3 unspecified atom stereocenters. The van der Waals surface area contributed by atoms with Gasteiger partial charge in [-0.05, 0) is 55.4 Å². The first-order valence-corrected chi connectivity index (χ1v) is 7.03. The van der Waals surface area contributed by atoms with Gasteiger partial charge in [-0.1, -0.05) is 6.42 Å². The monoisotopic (exact) mass is 307 g/mol. The Labute approximate surface area is 120 Å². The lowest BCUT2D eigenvalue weighted by Gasteiger charge is -2.33. The van der Waals surface area contributed by atoms with Crippen LogP contribution in [0.1, 0.15) is 31.2 Å². The van der Waals surface area contributed by atoms with Crippen molar-refractivity contribution in [1.82, 2.24) is 0 Å². The molecule has 1 aliphatic carbocycles. The predicted molar refractivity (Wildman–Crippen MR) is 69.5 cm³/mol. The fourth-order valence-corrected chi connectivity index (χ4v) is 3.03. The second kappa shape index (κ2) is 6.30. The standard InChI is InChI=1S/C15H18F5N/c16-12-4-5-13(17)10(7-12)8-14(21)9-2-1-3-11(6-9)15(18,19)20/h4-5,7,9,11,14H,1-3,6,8,21H2. The van der Waals surface area contributed by atoms with E-state index < -0.39 is 29.8 Å². The van der Waals surface area contributed by atoms with Crippen molar-refractivity contribution in [2.45, 2.75) is 44.3 Å². The van der Waals surface area contributed by atoms with Crippen molar-refractivity contribution < 1.29 is 22.0 Å². The molecular weight excluding hydrogens is 289 g/mol. The topological polar surface area (TPSA) is 26.0 Å². The van der Waals surface area contributed by atoms with E-state index in [-0.39, 0.29) is 30.7 Å². The summed E-state index contributed by atoms with van der Waals surface area (Å²) in [6.45, 7) is 0. The quantitative estimate of drug-likeness (QED) is 0.832. The van der Waals surface area contributed by atoms with Crippen LogP contribution in [0.15, 0.2) is 18.2 Å². The number of nitrogens with two attached hydrogens (primary N) is 1. The molecular formula is C15H18F5N. The summed E-state index contributed by atoms with van der Waals surface area (Å²) in [5, 5.41) is 0. The minimum absolute atomic E-state index is 0.0262. The summed E-state index contributed by atoms with van der Waals surface area (Å²) < 4.78 is 65.0. The third-order valence-corrected chi connectivity index (χ3v) is 4.25. The van der Waals surface area contributed by atoms with Crippen molar-refractivity contribution in [2.75, 3.05) is 0 Å². The molecule has 1 aromatic rings. The molecule has 21 heavy (non-hydrogen) atoms. The van der Waals surface area contributed by atoms with Crippen LogP contribution in [0, 0.1) is 23.5 Å². The molecule has 0 heterocycles. The first-order chi connectivity index (χ1) is 9.77. The largest absolute Gasteiger partial charge is 0.391 e. The van der Waals surface area contributed by atoms with Gasteiger partial charge in [-0.2, -0.15) is 13.2 Å². The van der Waals surface area contributed by atoms with Crippen molar-refractivity contribution in [1.29, 1.82) is 0 Å². The van der Waals surface area contributed by atoms with E-state index in [2.05, 4.69) is 0 Å². The Morgan fingerprint density at radius 2 is 1.90 bits per heavy atom. The van der Waals surface area contributed by atoms with Gasteiger partial charge < -0.3 is 5.73 Å². The van der Waals surface area contributed by atoms with E-state index in [4.69, 9.17) is 5.73 Å². The van der Waals surface area contributed by atoms with E-state index in [9.17, 15) is 22.0 Å². The molecule has 0 amide bonds. The normalized spacial score (nSPS) is 24.9. The van der Waals surface area contributed by atoms with Crippen LogP contribution >= 0.6 is 0 Å². The number of hydrogen-bond donors (Lipinski definition) is 1. The Hall–Kier alpha value is -1.17. The maximum atomic E-state index is 13.6. The van der Waals surface area contributed by atoms with Crippen LogP contribution in [0.2, 0.25) is 0 Å². The zero-order valence-corrected chi connectivity index (χ0v) is 11.5. The Kier molecular flexibility index (Phi) is 4.86. The molecule has 1 aromatic carbocycles. The van der Waals surface area contributed by atoms with Crippen molar-refractivity contribution in [3.63, 3.8) is 0 Å². The lowest BCUT2D eigenvalue weighted by molar-refractivity contribution is -0.186. The Morgan fingerprint density at radius 1 is 1.19 bits per heavy atom. The van der Waals surface area contributed by atoms with E-state index in [0.717, 1.165) is 18.2 Å². The zero-order valence-electron chi connectivity index (χ0n) is 11.5. The number of rotatable bonds is 3. The van der Waals surface area contributed by atoms with Crippen LogP contribution in [0.5, 0.6) is 0 Å². The van der Waals surface area contributed by atoms with Gasteiger partial charge >= 0.3 is 6.18 Å². The molecule has 0 aromatic heterocycles. The molecule has 6 heteroatoms. The average Bonchev–Trinajstić information content (AvgIpc) is 2.42. The van der Waals surface area contributed by atoms with E-state index in [1.165, 1.54) is 0 Å². The van der Waals surface area contributed by atoms with Crippen molar-refractivity contribution in [2.24, 2.45) is 17.6 Å².